The van der Waals surface area contributed by atoms with Crippen LogP contribution in [0.1, 0.15) is 12.8 Å². The molecule has 1 fully saturated rings. The van der Waals surface area contributed by atoms with Gasteiger partial charge >= 0.3 is 18.0 Å². The van der Waals surface area contributed by atoms with Crippen molar-refractivity contribution in [2.75, 3.05) is 14.2 Å². The van der Waals surface area contributed by atoms with Gasteiger partial charge in [-0.25, -0.2) is 4.79 Å². The monoisotopic (exact) mass is 246 g/mol. The molecule has 1 N–H and O–H groups in total. The van der Waals surface area contributed by atoms with E-state index in [0.29, 0.717) is 12.8 Å². The van der Waals surface area contributed by atoms with Gasteiger partial charge in [0.1, 0.15) is 6.04 Å². The van der Waals surface area contributed by atoms with Crippen LogP contribution in [0, 0.1) is 10.1 Å². The highest BCUT2D eigenvalue weighted by molar-refractivity contribution is 5.78. The summed E-state index contributed by atoms with van der Waals surface area (Å²) in [5.74, 6) is -1.41. The molecule has 1 saturated heterocycles. The fourth-order valence-corrected chi connectivity index (χ4v) is 1.87. The van der Waals surface area contributed by atoms with Crippen molar-refractivity contribution in [2.24, 2.45) is 0 Å². The molecule has 8 nitrogen and oxygen atoms in total. The van der Waals surface area contributed by atoms with E-state index in [-0.39, 0.29) is 0 Å². The third kappa shape index (κ3) is 2.90. The third-order valence-corrected chi connectivity index (χ3v) is 2.72. The molecule has 0 spiro atoms. The smallest absolute Gasteiger partial charge is 0.383 e. The van der Waals surface area contributed by atoms with Gasteiger partial charge in [-0.1, -0.05) is 0 Å². The number of nitrogens with zero attached hydrogens (tertiary/aromatic N) is 1. The zero-order valence-electron chi connectivity index (χ0n) is 9.54. The number of carbonyl (C=O) groups is 2. The average molecular weight is 246 g/mol. The first-order valence-corrected chi connectivity index (χ1v) is 5.06. The fraction of sp³-hybridized carbons (Fsp3) is 0.778. The molecule has 0 bridgehead atoms. The molecule has 0 aromatic carbocycles. The maximum Gasteiger partial charge on any atom is 0.383 e. The SMILES string of the molecule is COC(=O)C(C1CC[C@@H](C(=O)OC)N1)[N+](=O)[O-]. The predicted octanol–water partition coefficient (Wildman–Crippen LogP) is -0.902. The zero-order valence-corrected chi connectivity index (χ0v) is 9.54. The summed E-state index contributed by atoms with van der Waals surface area (Å²) in [4.78, 5) is 32.6. The molecule has 8 heteroatoms. The number of hydrogen-bond acceptors (Lipinski definition) is 7. The normalized spacial score (nSPS) is 25.1. The lowest BCUT2D eigenvalue weighted by Gasteiger charge is -2.15. The minimum atomic E-state index is -1.49. The van der Waals surface area contributed by atoms with Crippen molar-refractivity contribution in [1.82, 2.24) is 5.32 Å². The largest absolute Gasteiger partial charge is 0.468 e. The van der Waals surface area contributed by atoms with Crippen LogP contribution in [0.25, 0.3) is 0 Å². The minimum Gasteiger partial charge on any atom is -0.468 e. The van der Waals surface area contributed by atoms with Crippen molar-refractivity contribution in [3.63, 3.8) is 0 Å². The summed E-state index contributed by atoms with van der Waals surface area (Å²) in [5.41, 5.74) is 0. The van der Waals surface area contributed by atoms with E-state index >= 15 is 0 Å². The van der Waals surface area contributed by atoms with Gasteiger partial charge in [-0.3, -0.25) is 20.2 Å². The topological polar surface area (TPSA) is 108 Å². The van der Waals surface area contributed by atoms with Crippen LogP contribution >= 0.6 is 0 Å². The molecule has 0 saturated carbocycles. The summed E-state index contributed by atoms with van der Waals surface area (Å²) >= 11 is 0. The van der Waals surface area contributed by atoms with Crippen molar-refractivity contribution >= 4 is 11.9 Å². The van der Waals surface area contributed by atoms with Crippen LogP contribution in [-0.4, -0.2) is 49.2 Å². The number of nitro groups is 1. The first-order chi connectivity index (χ1) is 8.01. The molecule has 2 unspecified atom stereocenters. The Bertz CT molecular complexity index is 331. The van der Waals surface area contributed by atoms with Gasteiger partial charge in [0.25, 0.3) is 0 Å². The molecular weight excluding hydrogens is 232 g/mol. The Labute approximate surface area is 97.4 Å². The quantitative estimate of drug-likeness (QED) is 0.389. The first-order valence-electron chi connectivity index (χ1n) is 5.06. The van der Waals surface area contributed by atoms with Gasteiger partial charge in [0.15, 0.2) is 0 Å². The van der Waals surface area contributed by atoms with Crippen molar-refractivity contribution in [2.45, 2.75) is 31.0 Å². The summed E-state index contributed by atoms with van der Waals surface area (Å²) in [6, 6.07) is -2.80. The van der Waals surface area contributed by atoms with Crippen molar-refractivity contribution < 1.29 is 24.0 Å². The first kappa shape index (κ1) is 13.4. The lowest BCUT2D eigenvalue weighted by atomic mass is 10.1. The van der Waals surface area contributed by atoms with Crippen LogP contribution < -0.4 is 5.32 Å². The zero-order chi connectivity index (χ0) is 13.0. The Morgan fingerprint density at radius 2 is 2.00 bits per heavy atom. The highest BCUT2D eigenvalue weighted by atomic mass is 16.6. The minimum absolute atomic E-state index is 0.348. The summed E-state index contributed by atoms with van der Waals surface area (Å²) < 4.78 is 8.89. The highest BCUT2D eigenvalue weighted by Crippen LogP contribution is 2.18. The molecule has 0 aromatic rings. The van der Waals surface area contributed by atoms with E-state index in [4.69, 9.17) is 0 Å². The van der Waals surface area contributed by atoms with E-state index < -0.39 is 35.0 Å². The summed E-state index contributed by atoms with van der Waals surface area (Å²) in [7, 11) is 2.33. The molecule has 0 aliphatic carbocycles. The van der Waals surface area contributed by atoms with E-state index in [1.54, 1.807) is 0 Å². The Kier molecular flexibility index (Phi) is 4.38. The van der Waals surface area contributed by atoms with Gasteiger partial charge in [0, 0.05) is 4.92 Å². The number of methoxy groups -OCH3 is 2. The van der Waals surface area contributed by atoms with E-state index in [2.05, 4.69) is 14.8 Å². The molecule has 1 heterocycles. The maximum absolute atomic E-state index is 11.3. The Hall–Kier alpha value is -1.70. The molecule has 96 valence electrons. The van der Waals surface area contributed by atoms with Gasteiger partial charge in [0.05, 0.1) is 20.3 Å². The predicted molar refractivity (Wildman–Crippen MR) is 54.8 cm³/mol. The van der Waals surface area contributed by atoms with Crippen LogP contribution in [0.2, 0.25) is 0 Å². The number of carbonyl (C=O) groups excluding carboxylic acids is 2. The van der Waals surface area contributed by atoms with Gasteiger partial charge in [-0.05, 0) is 12.8 Å². The van der Waals surface area contributed by atoms with E-state index in [1.165, 1.54) is 7.11 Å². The molecule has 0 amide bonds. The summed E-state index contributed by atoms with van der Waals surface area (Å²) in [5, 5.41) is 13.5. The number of esters is 2. The molecule has 0 radical (unpaired) electrons. The van der Waals surface area contributed by atoms with Crippen LogP contribution in [0.4, 0.5) is 0 Å². The van der Waals surface area contributed by atoms with E-state index in [1.807, 2.05) is 0 Å². The molecule has 1 rings (SSSR count). The third-order valence-electron chi connectivity index (χ3n) is 2.72. The fourth-order valence-electron chi connectivity index (χ4n) is 1.87. The van der Waals surface area contributed by atoms with Gasteiger partial charge < -0.3 is 9.47 Å². The number of ether oxygens (including phenoxy) is 2. The van der Waals surface area contributed by atoms with Gasteiger partial charge in [-0.2, -0.15) is 0 Å². The van der Waals surface area contributed by atoms with Crippen molar-refractivity contribution in [3.8, 4) is 0 Å². The van der Waals surface area contributed by atoms with Crippen LogP contribution in [0.5, 0.6) is 0 Å². The second-order valence-corrected chi connectivity index (χ2v) is 3.68. The van der Waals surface area contributed by atoms with Crippen LogP contribution in [0.3, 0.4) is 0 Å². The Balaban J connectivity index is 2.70. The van der Waals surface area contributed by atoms with Crippen LogP contribution in [-0.2, 0) is 19.1 Å². The molecule has 3 atom stereocenters. The van der Waals surface area contributed by atoms with Crippen LogP contribution in [0.15, 0.2) is 0 Å². The Morgan fingerprint density at radius 1 is 1.35 bits per heavy atom. The highest BCUT2D eigenvalue weighted by Gasteiger charge is 2.45. The van der Waals surface area contributed by atoms with E-state index in [0.717, 1.165) is 7.11 Å². The second kappa shape index (κ2) is 5.58. The van der Waals surface area contributed by atoms with Crippen molar-refractivity contribution in [1.29, 1.82) is 0 Å². The Morgan fingerprint density at radius 3 is 2.47 bits per heavy atom. The lowest BCUT2D eigenvalue weighted by Crippen LogP contribution is -2.49. The number of hydrogen-bond donors (Lipinski definition) is 1. The second-order valence-electron chi connectivity index (χ2n) is 3.68. The number of rotatable bonds is 4. The molecule has 1 aliphatic heterocycles. The molecular formula is C9H14N2O6. The average Bonchev–Trinajstić information content (AvgIpc) is 2.76. The standard InChI is InChI=1S/C9H14N2O6/c1-16-8(12)6-4-3-5(10-6)7(11(14)15)9(13)17-2/h5-7,10H,3-4H2,1-2H3/t5?,6-,7?/m0/s1. The molecule has 1 aliphatic rings. The summed E-state index contributed by atoms with van der Waals surface area (Å²) in [6.45, 7) is 0. The lowest BCUT2D eigenvalue weighted by molar-refractivity contribution is -0.514. The summed E-state index contributed by atoms with van der Waals surface area (Å²) in [6.07, 6.45) is 0.749. The van der Waals surface area contributed by atoms with Gasteiger partial charge in [0.2, 0.25) is 0 Å². The van der Waals surface area contributed by atoms with E-state index in [9.17, 15) is 19.7 Å². The van der Waals surface area contributed by atoms with Gasteiger partial charge in [-0.15, -0.1) is 0 Å². The molecule has 17 heavy (non-hydrogen) atoms. The number of nitrogens with one attached hydrogen (secondary N) is 1. The molecule has 0 aromatic heterocycles. The van der Waals surface area contributed by atoms with Crippen molar-refractivity contribution in [3.05, 3.63) is 10.1 Å². The maximum atomic E-state index is 11.3.